The van der Waals surface area contributed by atoms with Crippen LogP contribution in [0.5, 0.6) is 11.5 Å². The smallest absolute Gasteiger partial charge is 0.123 e. The van der Waals surface area contributed by atoms with E-state index in [9.17, 15) is 0 Å². The number of hydrogen-bond donors (Lipinski definition) is 1. The summed E-state index contributed by atoms with van der Waals surface area (Å²) in [5.41, 5.74) is 8.42. The van der Waals surface area contributed by atoms with Gasteiger partial charge in [0.1, 0.15) is 11.5 Å². The molecule has 0 heterocycles. The fourth-order valence-electron chi connectivity index (χ4n) is 1.76. The van der Waals surface area contributed by atoms with Crippen LogP contribution in [0.2, 0.25) is 5.02 Å². The Balaban J connectivity index is 2.55. The quantitative estimate of drug-likeness (QED) is 0.861. The van der Waals surface area contributed by atoms with Crippen LogP contribution in [0.25, 0.3) is 11.1 Å². The van der Waals surface area contributed by atoms with Crippen LogP contribution in [0, 0.1) is 0 Å². The standard InChI is InChI=1S/C14H14ClNO2/c1-17-11-5-9(6-12(8-11)18-2)13-4-3-10(15)7-14(13)16/h3-8H,16H2,1-2H3. The van der Waals surface area contributed by atoms with Gasteiger partial charge >= 0.3 is 0 Å². The molecule has 4 heteroatoms. The Hall–Kier alpha value is -1.87. The Kier molecular flexibility index (Phi) is 3.63. The van der Waals surface area contributed by atoms with Gasteiger partial charge in [0, 0.05) is 22.3 Å². The van der Waals surface area contributed by atoms with Gasteiger partial charge in [-0.1, -0.05) is 17.7 Å². The van der Waals surface area contributed by atoms with Gasteiger partial charge in [-0.15, -0.1) is 0 Å². The highest BCUT2D eigenvalue weighted by Crippen LogP contribution is 2.33. The average molecular weight is 264 g/mol. The fraction of sp³-hybridized carbons (Fsp3) is 0.143. The van der Waals surface area contributed by atoms with Crippen molar-refractivity contribution < 1.29 is 9.47 Å². The Morgan fingerprint density at radius 2 is 1.56 bits per heavy atom. The van der Waals surface area contributed by atoms with E-state index < -0.39 is 0 Å². The summed E-state index contributed by atoms with van der Waals surface area (Å²) in [6, 6.07) is 11.0. The van der Waals surface area contributed by atoms with Gasteiger partial charge in [-0.05, 0) is 29.8 Å². The molecule has 0 aliphatic carbocycles. The van der Waals surface area contributed by atoms with Crippen molar-refractivity contribution in [1.82, 2.24) is 0 Å². The molecule has 0 saturated heterocycles. The summed E-state index contributed by atoms with van der Waals surface area (Å²) in [7, 11) is 3.23. The van der Waals surface area contributed by atoms with Crippen molar-refractivity contribution in [2.45, 2.75) is 0 Å². The predicted octanol–water partition coefficient (Wildman–Crippen LogP) is 3.61. The van der Waals surface area contributed by atoms with E-state index in [0.29, 0.717) is 10.7 Å². The van der Waals surface area contributed by atoms with E-state index >= 15 is 0 Å². The highest BCUT2D eigenvalue weighted by molar-refractivity contribution is 6.31. The van der Waals surface area contributed by atoms with Crippen LogP contribution in [0.15, 0.2) is 36.4 Å². The number of rotatable bonds is 3. The number of nitrogen functional groups attached to an aromatic ring is 1. The largest absolute Gasteiger partial charge is 0.497 e. The molecule has 0 spiro atoms. The first-order chi connectivity index (χ1) is 8.63. The van der Waals surface area contributed by atoms with Gasteiger partial charge in [0.25, 0.3) is 0 Å². The molecule has 0 aromatic heterocycles. The summed E-state index contributed by atoms with van der Waals surface area (Å²) < 4.78 is 10.5. The van der Waals surface area contributed by atoms with E-state index in [1.165, 1.54) is 0 Å². The first-order valence-corrected chi connectivity index (χ1v) is 5.80. The van der Waals surface area contributed by atoms with Crippen molar-refractivity contribution in [2.24, 2.45) is 0 Å². The second kappa shape index (κ2) is 5.19. The molecule has 94 valence electrons. The monoisotopic (exact) mass is 263 g/mol. The lowest BCUT2D eigenvalue weighted by atomic mass is 10.0. The summed E-state index contributed by atoms with van der Waals surface area (Å²) in [4.78, 5) is 0. The van der Waals surface area contributed by atoms with Gasteiger partial charge in [-0.2, -0.15) is 0 Å². The van der Waals surface area contributed by atoms with Crippen LogP contribution in [0.1, 0.15) is 0 Å². The molecule has 0 bridgehead atoms. The van der Waals surface area contributed by atoms with E-state index in [2.05, 4.69) is 0 Å². The highest BCUT2D eigenvalue weighted by atomic mass is 35.5. The molecule has 3 nitrogen and oxygen atoms in total. The van der Waals surface area contributed by atoms with E-state index in [1.807, 2.05) is 24.3 Å². The number of halogens is 1. The lowest BCUT2D eigenvalue weighted by molar-refractivity contribution is 0.394. The van der Waals surface area contributed by atoms with Crippen LogP contribution in [0.3, 0.4) is 0 Å². The van der Waals surface area contributed by atoms with Gasteiger partial charge < -0.3 is 15.2 Å². The molecule has 2 rings (SSSR count). The number of ether oxygens (including phenoxy) is 2. The molecule has 0 radical (unpaired) electrons. The van der Waals surface area contributed by atoms with Crippen LogP contribution in [-0.4, -0.2) is 14.2 Å². The van der Waals surface area contributed by atoms with Crippen LogP contribution < -0.4 is 15.2 Å². The first-order valence-electron chi connectivity index (χ1n) is 5.42. The third-order valence-electron chi connectivity index (χ3n) is 2.68. The molecule has 0 aliphatic heterocycles. The van der Waals surface area contributed by atoms with E-state index in [0.717, 1.165) is 22.6 Å². The fourth-order valence-corrected chi connectivity index (χ4v) is 1.94. The maximum Gasteiger partial charge on any atom is 0.123 e. The van der Waals surface area contributed by atoms with Crippen molar-refractivity contribution in [2.75, 3.05) is 20.0 Å². The first kappa shape index (κ1) is 12.6. The highest BCUT2D eigenvalue weighted by Gasteiger charge is 2.07. The predicted molar refractivity (Wildman–Crippen MR) is 74.4 cm³/mol. The number of anilines is 1. The zero-order valence-electron chi connectivity index (χ0n) is 10.2. The maximum absolute atomic E-state index is 5.97. The molecule has 0 saturated carbocycles. The molecule has 0 fully saturated rings. The second-order valence-corrected chi connectivity index (χ2v) is 4.27. The summed E-state index contributed by atoms with van der Waals surface area (Å²) in [5.74, 6) is 1.44. The van der Waals surface area contributed by atoms with Gasteiger partial charge in [0.2, 0.25) is 0 Å². The number of benzene rings is 2. The van der Waals surface area contributed by atoms with Crippen molar-refractivity contribution in [3.8, 4) is 22.6 Å². The molecular weight excluding hydrogens is 250 g/mol. The van der Waals surface area contributed by atoms with Gasteiger partial charge in [-0.3, -0.25) is 0 Å². The number of methoxy groups -OCH3 is 2. The maximum atomic E-state index is 5.97. The topological polar surface area (TPSA) is 44.5 Å². The number of nitrogens with two attached hydrogens (primary N) is 1. The molecule has 0 amide bonds. The van der Waals surface area contributed by atoms with Gasteiger partial charge in [0.15, 0.2) is 0 Å². The minimum absolute atomic E-state index is 0.617. The Labute approximate surface area is 111 Å². The van der Waals surface area contributed by atoms with Crippen molar-refractivity contribution in [3.05, 3.63) is 41.4 Å². The molecule has 18 heavy (non-hydrogen) atoms. The zero-order valence-corrected chi connectivity index (χ0v) is 11.0. The molecule has 0 atom stereocenters. The lowest BCUT2D eigenvalue weighted by Crippen LogP contribution is -1.92. The van der Waals surface area contributed by atoms with Crippen LogP contribution in [0.4, 0.5) is 5.69 Å². The SMILES string of the molecule is COc1cc(OC)cc(-c2ccc(Cl)cc2N)c1. The molecule has 2 aromatic carbocycles. The Morgan fingerprint density at radius 3 is 2.06 bits per heavy atom. The second-order valence-electron chi connectivity index (χ2n) is 3.83. The molecule has 0 unspecified atom stereocenters. The van der Waals surface area contributed by atoms with Crippen LogP contribution in [-0.2, 0) is 0 Å². The van der Waals surface area contributed by atoms with E-state index in [-0.39, 0.29) is 0 Å². The normalized spacial score (nSPS) is 10.2. The minimum atomic E-state index is 0.617. The van der Waals surface area contributed by atoms with Gasteiger partial charge in [0.05, 0.1) is 14.2 Å². The lowest BCUT2D eigenvalue weighted by Gasteiger charge is -2.10. The van der Waals surface area contributed by atoms with Crippen LogP contribution >= 0.6 is 11.6 Å². The molecule has 2 aromatic rings. The summed E-state index contributed by atoms with van der Waals surface area (Å²) in [5, 5.41) is 0.617. The summed E-state index contributed by atoms with van der Waals surface area (Å²) in [6.45, 7) is 0. The van der Waals surface area contributed by atoms with Crippen molar-refractivity contribution >= 4 is 17.3 Å². The van der Waals surface area contributed by atoms with Crippen molar-refractivity contribution in [1.29, 1.82) is 0 Å². The van der Waals surface area contributed by atoms with Crippen molar-refractivity contribution in [3.63, 3.8) is 0 Å². The third kappa shape index (κ3) is 2.51. The minimum Gasteiger partial charge on any atom is -0.497 e. The molecule has 0 aliphatic rings. The Morgan fingerprint density at radius 1 is 0.944 bits per heavy atom. The zero-order chi connectivity index (χ0) is 13.1. The molecular formula is C14H14ClNO2. The number of hydrogen-bond acceptors (Lipinski definition) is 3. The molecule has 2 N–H and O–H groups in total. The summed E-state index contributed by atoms with van der Waals surface area (Å²) in [6.07, 6.45) is 0. The third-order valence-corrected chi connectivity index (χ3v) is 2.91. The van der Waals surface area contributed by atoms with E-state index in [4.69, 9.17) is 26.8 Å². The van der Waals surface area contributed by atoms with E-state index in [1.54, 1.807) is 26.4 Å². The average Bonchev–Trinajstić information content (AvgIpc) is 2.38. The van der Waals surface area contributed by atoms with Gasteiger partial charge in [-0.25, -0.2) is 0 Å². The Bertz CT molecular complexity index is 547. The summed E-state index contributed by atoms with van der Waals surface area (Å²) >= 11 is 5.89.